The number of benzene rings is 3. The molecule has 0 heterocycles. The fraction of sp³-hybridized carbons (Fsp3) is 0.217. The zero-order chi connectivity index (χ0) is 20.5. The van der Waals surface area contributed by atoms with Crippen LogP contribution in [0.5, 0.6) is 17.2 Å². The third-order valence-corrected chi connectivity index (χ3v) is 4.10. The molecule has 0 fully saturated rings. The summed E-state index contributed by atoms with van der Waals surface area (Å²) < 4.78 is 43.5. The van der Waals surface area contributed by atoms with Crippen LogP contribution in [-0.2, 0) is 13.2 Å². The fourth-order valence-electron chi connectivity index (χ4n) is 2.55. The number of hydrogen-bond donors (Lipinski definition) is 1. The summed E-state index contributed by atoms with van der Waals surface area (Å²) >= 11 is 0. The molecule has 1 N–H and O–H groups in total. The number of hydrogen-bond acceptors (Lipinski definition) is 4. The van der Waals surface area contributed by atoms with Gasteiger partial charge < -0.3 is 19.3 Å². The van der Waals surface area contributed by atoms with Gasteiger partial charge in [-0.3, -0.25) is 0 Å². The lowest BCUT2D eigenvalue weighted by Gasteiger charge is -2.15. The molecular weight excluding hydrogens is 378 g/mol. The zero-order valence-electron chi connectivity index (χ0n) is 15.8. The molecule has 0 saturated carbocycles. The van der Waals surface area contributed by atoms with Gasteiger partial charge in [-0.1, -0.05) is 24.3 Å². The monoisotopic (exact) mass is 400 g/mol. The van der Waals surface area contributed by atoms with Gasteiger partial charge in [-0.05, 0) is 47.5 Å². The molecule has 0 aliphatic carbocycles. The highest BCUT2D eigenvalue weighted by atomic mass is 19.1. The summed E-state index contributed by atoms with van der Waals surface area (Å²) in [5.41, 5.74) is 1.63. The Morgan fingerprint density at radius 3 is 1.76 bits per heavy atom. The Balaban J connectivity index is 1.71. The van der Waals surface area contributed by atoms with Gasteiger partial charge in [-0.15, -0.1) is 0 Å². The Hall–Kier alpha value is -3.12. The molecular formula is C23H22F2O4. The maximum absolute atomic E-state index is 13.1. The van der Waals surface area contributed by atoms with Crippen molar-refractivity contribution in [3.8, 4) is 17.2 Å². The average Bonchev–Trinajstić information content (AvgIpc) is 2.74. The van der Waals surface area contributed by atoms with Crippen LogP contribution in [0, 0.1) is 11.6 Å². The van der Waals surface area contributed by atoms with Gasteiger partial charge in [0.15, 0.2) is 11.5 Å². The SMILES string of the molecule is OCCCOc1ccc(OCc2ccc(F)cc2)c(OCc2ccc(F)cc2)c1. The molecule has 0 aliphatic rings. The summed E-state index contributed by atoms with van der Waals surface area (Å²) in [4.78, 5) is 0. The number of aliphatic hydroxyl groups excluding tert-OH is 1. The van der Waals surface area contributed by atoms with E-state index >= 15 is 0 Å². The van der Waals surface area contributed by atoms with Crippen LogP contribution in [0.2, 0.25) is 0 Å². The van der Waals surface area contributed by atoms with Crippen molar-refractivity contribution >= 4 is 0 Å². The quantitative estimate of drug-likeness (QED) is 0.493. The second-order valence-electron chi connectivity index (χ2n) is 6.36. The van der Waals surface area contributed by atoms with Crippen LogP contribution in [0.3, 0.4) is 0 Å². The van der Waals surface area contributed by atoms with E-state index in [0.29, 0.717) is 30.3 Å². The van der Waals surface area contributed by atoms with Crippen LogP contribution in [0.1, 0.15) is 17.5 Å². The smallest absolute Gasteiger partial charge is 0.165 e. The highest BCUT2D eigenvalue weighted by Gasteiger charge is 2.09. The average molecular weight is 400 g/mol. The second kappa shape index (κ2) is 10.4. The Bertz CT molecular complexity index is 896. The normalized spacial score (nSPS) is 10.6. The Kier molecular flexibility index (Phi) is 7.41. The number of ether oxygens (including phenoxy) is 3. The van der Waals surface area contributed by atoms with Gasteiger partial charge in [0.25, 0.3) is 0 Å². The van der Waals surface area contributed by atoms with E-state index < -0.39 is 0 Å². The van der Waals surface area contributed by atoms with Gasteiger partial charge >= 0.3 is 0 Å². The fourth-order valence-corrected chi connectivity index (χ4v) is 2.55. The van der Waals surface area contributed by atoms with E-state index in [1.807, 2.05) is 0 Å². The molecule has 3 aromatic carbocycles. The molecule has 0 aliphatic heterocycles. The molecule has 0 aromatic heterocycles. The molecule has 0 saturated heterocycles. The first-order valence-electron chi connectivity index (χ1n) is 9.26. The van der Waals surface area contributed by atoms with Crippen molar-refractivity contribution in [1.29, 1.82) is 0 Å². The van der Waals surface area contributed by atoms with Crippen molar-refractivity contribution in [2.75, 3.05) is 13.2 Å². The Morgan fingerprint density at radius 1 is 0.655 bits per heavy atom. The first-order valence-corrected chi connectivity index (χ1v) is 9.26. The predicted molar refractivity (Wildman–Crippen MR) is 105 cm³/mol. The molecule has 0 amide bonds. The predicted octanol–water partition coefficient (Wildman–Crippen LogP) is 4.88. The standard InChI is InChI=1S/C23H22F2O4/c24-19-6-2-17(3-7-19)15-28-22-11-10-21(27-13-1-12-26)14-23(22)29-16-18-4-8-20(25)9-5-18/h2-11,14,26H,1,12-13,15-16H2. The van der Waals surface area contributed by atoms with Crippen molar-refractivity contribution in [2.45, 2.75) is 19.6 Å². The highest BCUT2D eigenvalue weighted by molar-refractivity contribution is 5.46. The molecule has 0 spiro atoms. The van der Waals surface area contributed by atoms with E-state index in [2.05, 4.69) is 0 Å². The van der Waals surface area contributed by atoms with Gasteiger partial charge in [-0.25, -0.2) is 8.78 Å². The minimum absolute atomic E-state index is 0.0484. The van der Waals surface area contributed by atoms with Crippen molar-refractivity contribution in [2.24, 2.45) is 0 Å². The first-order chi connectivity index (χ1) is 14.1. The van der Waals surface area contributed by atoms with Gasteiger partial charge in [0.1, 0.15) is 30.6 Å². The second-order valence-corrected chi connectivity index (χ2v) is 6.36. The third kappa shape index (κ3) is 6.47. The lowest BCUT2D eigenvalue weighted by atomic mass is 10.2. The van der Waals surface area contributed by atoms with E-state index in [-0.39, 0.29) is 31.5 Å². The van der Waals surface area contributed by atoms with Gasteiger partial charge in [-0.2, -0.15) is 0 Å². The number of aliphatic hydroxyl groups is 1. The summed E-state index contributed by atoms with van der Waals surface area (Å²) in [5.74, 6) is 0.948. The number of halogens is 2. The van der Waals surface area contributed by atoms with Crippen molar-refractivity contribution in [1.82, 2.24) is 0 Å². The molecule has 0 unspecified atom stereocenters. The van der Waals surface area contributed by atoms with Crippen molar-refractivity contribution in [3.05, 3.63) is 89.5 Å². The lowest BCUT2D eigenvalue weighted by Crippen LogP contribution is -2.03. The highest BCUT2D eigenvalue weighted by Crippen LogP contribution is 2.33. The number of rotatable bonds is 10. The van der Waals surface area contributed by atoms with Crippen LogP contribution < -0.4 is 14.2 Å². The molecule has 3 aromatic rings. The van der Waals surface area contributed by atoms with Gasteiger partial charge in [0.2, 0.25) is 0 Å². The molecule has 0 atom stereocenters. The van der Waals surface area contributed by atoms with Crippen LogP contribution in [0.15, 0.2) is 66.7 Å². The topological polar surface area (TPSA) is 47.9 Å². The van der Waals surface area contributed by atoms with Crippen LogP contribution >= 0.6 is 0 Å². The minimum Gasteiger partial charge on any atom is -0.493 e. The van der Waals surface area contributed by atoms with Crippen LogP contribution in [0.4, 0.5) is 8.78 Å². The van der Waals surface area contributed by atoms with Crippen molar-refractivity contribution in [3.63, 3.8) is 0 Å². The molecule has 6 heteroatoms. The van der Waals surface area contributed by atoms with Crippen molar-refractivity contribution < 1.29 is 28.1 Å². The summed E-state index contributed by atoms with van der Waals surface area (Å²) in [7, 11) is 0. The van der Waals surface area contributed by atoms with E-state index in [1.165, 1.54) is 24.3 Å². The molecule has 4 nitrogen and oxygen atoms in total. The first kappa shape index (κ1) is 20.6. The minimum atomic E-state index is -0.309. The van der Waals surface area contributed by atoms with Gasteiger partial charge in [0.05, 0.1) is 6.61 Å². The zero-order valence-corrected chi connectivity index (χ0v) is 15.8. The summed E-state index contributed by atoms with van der Waals surface area (Å²) in [5, 5.41) is 8.89. The van der Waals surface area contributed by atoms with E-state index in [1.54, 1.807) is 42.5 Å². The Labute approximate surface area is 168 Å². The van der Waals surface area contributed by atoms with Crippen LogP contribution in [-0.4, -0.2) is 18.3 Å². The maximum Gasteiger partial charge on any atom is 0.165 e. The maximum atomic E-state index is 13.1. The molecule has 29 heavy (non-hydrogen) atoms. The van der Waals surface area contributed by atoms with E-state index in [9.17, 15) is 8.78 Å². The van der Waals surface area contributed by atoms with Gasteiger partial charge in [0, 0.05) is 19.1 Å². The Morgan fingerprint density at radius 2 is 1.21 bits per heavy atom. The molecule has 3 rings (SSSR count). The largest absolute Gasteiger partial charge is 0.493 e. The summed E-state index contributed by atoms with van der Waals surface area (Å²) in [6.07, 6.45) is 0.522. The summed E-state index contributed by atoms with van der Waals surface area (Å²) in [6.45, 7) is 0.904. The van der Waals surface area contributed by atoms with Crippen LogP contribution in [0.25, 0.3) is 0 Å². The van der Waals surface area contributed by atoms with E-state index in [0.717, 1.165) is 11.1 Å². The molecule has 0 radical (unpaired) electrons. The molecule has 0 bridgehead atoms. The molecule has 152 valence electrons. The lowest BCUT2D eigenvalue weighted by molar-refractivity contribution is 0.230. The third-order valence-electron chi connectivity index (χ3n) is 4.10. The van der Waals surface area contributed by atoms with E-state index in [4.69, 9.17) is 19.3 Å². The summed E-state index contributed by atoms with van der Waals surface area (Å²) in [6, 6.07) is 17.3.